The number of allylic oxidation sites excluding steroid dienone is 1. The summed E-state index contributed by atoms with van der Waals surface area (Å²) in [5.74, 6) is -0.873. The molecule has 0 amide bonds. The Morgan fingerprint density at radius 1 is 1.46 bits per heavy atom. The summed E-state index contributed by atoms with van der Waals surface area (Å²) in [7, 11) is 0. The number of carboxylic acid groups (broad SMARTS) is 1. The van der Waals surface area contributed by atoms with Crippen LogP contribution >= 0.6 is 0 Å². The van der Waals surface area contributed by atoms with Crippen LogP contribution < -0.4 is 5.11 Å². The number of carbonyl (C=O) groups excluding carboxylic acids is 1. The first-order chi connectivity index (χ1) is 6.20. The second-order valence-corrected chi connectivity index (χ2v) is 3.42. The average Bonchev–Trinajstić information content (AvgIpc) is 2.09. The SMILES string of the molecule is C=CC(CCCCCC)CC(=O)[O-]. The highest BCUT2D eigenvalue weighted by molar-refractivity contribution is 5.64. The fourth-order valence-electron chi connectivity index (χ4n) is 1.35. The maximum atomic E-state index is 10.3. The highest BCUT2D eigenvalue weighted by Crippen LogP contribution is 2.14. The molecule has 76 valence electrons. The number of hydrogen-bond donors (Lipinski definition) is 0. The fourth-order valence-corrected chi connectivity index (χ4v) is 1.35. The van der Waals surface area contributed by atoms with Crippen molar-refractivity contribution in [2.24, 2.45) is 5.92 Å². The number of unbranched alkanes of at least 4 members (excludes halogenated alkanes) is 3. The second-order valence-electron chi connectivity index (χ2n) is 3.42. The molecule has 0 spiro atoms. The van der Waals surface area contributed by atoms with E-state index in [0.717, 1.165) is 12.8 Å². The summed E-state index contributed by atoms with van der Waals surface area (Å²) in [4.78, 5) is 10.3. The molecule has 13 heavy (non-hydrogen) atoms. The predicted molar refractivity (Wildman–Crippen MR) is 52.1 cm³/mol. The summed E-state index contributed by atoms with van der Waals surface area (Å²) in [5.41, 5.74) is 0. The molecule has 0 saturated heterocycles. The Kier molecular flexibility index (Phi) is 7.36. The first-order valence-electron chi connectivity index (χ1n) is 5.03. The van der Waals surface area contributed by atoms with E-state index in [4.69, 9.17) is 0 Å². The smallest absolute Gasteiger partial charge is 0.0420 e. The third kappa shape index (κ3) is 7.57. The van der Waals surface area contributed by atoms with Gasteiger partial charge in [0.05, 0.1) is 0 Å². The van der Waals surface area contributed by atoms with Crippen molar-refractivity contribution in [1.82, 2.24) is 0 Å². The Labute approximate surface area is 80.7 Å². The first-order valence-corrected chi connectivity index (χ1v) is 5.03. The molecule has 0 aromatic heterocycles. The molecule has 0 aliphatic carbocycles. The summed E-state index contributed by atoms with van der Waals surface area (Å²) >= 11 is 0. The van der Waals surface area contributed by atoms with Crippen molar-refractivity contribution in [3.05, 3.63) is 12.7 Å². The van der Waals surface area contributed by atoms with Crippen LogP contribution in [-0.4, -0.2) is 5.97 Å². The minimum atomic E-state index is -0.972. The van der Waals surface area contributed by atoms with Gasteiger partial charge >= 0.3 is 0 Å². The zero-order valence-corrected chi connectivity index (χ0v) is 8.42. The van der Waals surface area contributed by atoms with Crippen LogP contribution in [0.3, 0.4) is 0 Å². The van der Waals surface area contributed by atoms with E-state index < -0.39 is 5.97 Å². The molecule has 0 N–H and O–H groups in total. The minimum Gasteiger partial charge on any atom is -0.550 e. The van der Waals surface area contributed by atoms with Crippen LogP contribution in [0.25, 0.3) is 0 Å². The van der Waals surface area contributed by atoms with Crippen molar-refractivity contribution >= 4 is 5.97 Å². The van der Waals surface area contributed by atoms with Crippen LogP contribution in [0.1, 0.15) is 45.4 Å². The molecule has 0 fully saturated rings. The molecule has 0 radical (unpaired) electrons. The van der Waals surface area contributed by atoms with Gasteiger partial charge in [-0.2, -0.15) is 0 Å². The van der Waals surface area contributed by atoms with Crippen molar-refractivity contribution in [2.75, 3.05) is 0 Å². The van der Waals surface area contributed by atoms with Crippen molar-refractivity contribution < 1.29 is 9.90 Å². The molecular weight excluding hydrogens is 164 g/mol. The van der Waals surface area contributed by atoms with E-state index in [0.29, 0.717) is 0 Å². The third-order valence-electron chi connectivity index (χ3n) is 2.19. The summed E-state index contributed by atoms with van der Waals surface area (Å²) in [5, 5.41) is 10.3. The quantitative estimate of drug-likeness (QED) is 0.426. The van der Waals surface area contributed by atoms with E-state index in [9.17, 15) is 9.90 Å². The Hall–Kier alpha value is -0.790. The van der Waals surface area contributed by atoms with E-state index in [1.165, 1.54) is 19.3 Å². The summed E-state index contributed by atoms with van der Waals surface area (Å²) in [6.45, 7) is 5.78. The maximum absolute atomic E-state index is 10.3. The Bertz CT molecular complexity index is 152. The van der Waals surface area contributed by atoms with Gasteiger partial charge in [-0.3, -0.25) is 0 Å². The average molecular weight is 183 g/mol. The highest BCUT2D eigenvalue weighted by atomic mass is 16.4. The molecule has 0 saturated carbocycles. The lowest BCUT2D eigenvalue weighted by Gasteiger charge is -2.12. The van der Waals surface area contributed by atoms with Crippen molar-refractivity contribution in [3.63, 3.8) is 0 Å². The molecular formula is C11H19O2-. The molecule has 1 unspecified atom stereocenters. The number of carbonyl (C=O) groups is 1. The Balaban J connectivity index is 3.48. The van der Waals surface area contributed by atoms with E-state index in [1.807, 2.05) is 0 Å². The molecule has 0 rings (SSSR count). The van der Waals surface area contributed by atoms with Crippen LogP contribution in [0, 0.1) is 5.92 Å². The third-order valence-corrected chi connectivity index (χ3v) is 2.19. The molecule has 0 aromatic rings. The van der Waals surface area contributed by atoms with Gasteiger partial charge in [-0.05, 0) is 18.8 Å². The molecule has 0 aliphatic rings. The standard InChI is InChI=1S/C11H20O2/c1-3-5-6-7-8-10(4-2)9-11(12)13/h4,10H,2-3,5-9H2,1H3,(H,12,13)/p-1. The summed E-state index contributed by atoms with van der Waals surface area (Å²) < 4.78 is 0. The van der Waals surface area contributed by atoms with Gasteiger partial charge in [0.1, 0.15) is 0 Å². The van der Waals surface area contributed by atoms with Gasteiger partial charge in [-0.25, -0.2) is 0 Å². The molecule has 0 heterocycles. The first kappa shape index (κ1) is 12.2. The lowest BCUT2D eigenvalue weighted by molar-refractivity contribution is -0.306. The van der Waals surface area contributed by atoms with Crippen LogP contribution in [0.15, 0.2) is 12.7 Å². The molecule has 0 bridgehead atoms. The van der Waals surface area contributed by atoms with Gasteiger partial charge in [0.25, 0.3) is 0 Å². The Morgan fingerprint density at radius 2 is 2.15 bits per heavy atom. The molecule has 2 heteroatoms. The van der Waals surface area contributed by atoms with Crippen LogP contribution in [0.5, 0.6) is 0 Å². The predicted octanol–water partition coefficient (Wildman–Crippen LogP) is 1.90. The minimum absolute atomic E-state index is 0.0989. The van der Waals surface area contributed by atoms with Gasteiger partial charge in [-0.15, -0.1) is 6.58 Å². The lowest BCUT2D eigenvalue weighted by atomic mass is 9.98. The molecule has 1 atom stereocenters. The lowest BCUT2D eigenvalue weighted by Crippen LogP contribution is -2.24. The maximum Gasteiger partial charge on any atom is 0.0420 e. The number of carboxylic acids is 1. The topological polar surface area (TPSA) is 40.1 Å². The van der Waals surface area contributed by atoms with Crippen LogP contribution in [-0.2, 0) is 4.79 Å². The zero-order valence-electron chi connectivity index (χ0n) is 8.42. The number of hydrogen-bond acceptors (Lipinski definition) is 2. The largest absolute Gasteiger partial charge is 0.550 e. The molecule has 0 aliphatic heterocycles. The number of aliphatic carboxylic acids is 1. The van der Waals surface area contributed by atoms with Gasteiger partial charge in [0.2, 0.25) is 0 Å². The van der Waals surface area contributed by atoms with E-state index in [1.54, 1.807) is 6.08 Å². The van der Waals surface area contributed by atoms with Gasteiger partial charge in [-0.1, -0.05) is 38.7 Å². The highest BCUT2D eigenvalue weighted by Gasteiger charge is 2.03. The van der Waals surface area contributed by atoms with E-state index in [-0.39, 0.29) is 12.3 Å². The normalized spacial score (nSPS) is 12.4. The van der Waals surface area contributed by atoms with Gasteiger partial charge in [0, 0.05) is 5.97 Å². The molecule has 0 aromatic carbocycles. The van der Waals surface area contributed by atoms with Gasteiger partial charge < -0.3 is 9.90 Å². The second kappa shape index (κ2) is 7.84. The fraction of sp³-hybridized carbons (Fsp3) is 0.727. The van der Waals surface area contributed by atoms with Crippen molar-refractivity contribution in [3.8, 4) is 0 Å². The van der Waals surface area contributed by atoms with Gasteiger partial charge in [0.15, 0.2) is 0 Å². The number of rotatable bonds is 8. The summed E-state index contributed by atoms with van der Waals surface area (Å²) in [6, 6.07) is 0. The zero-order chi connectivity index (χ0) is 10.1. The van der Waals surface area contributed by atoms with Crippen molar-refractivity contribution in [2.45, 2.75) is 45.4 Å². The van der Waals surface area contributed by atoms with Crippen LogP contribution in [0.2, 0.25) is 0 Å². The summed E-state index contributed by atoms with van der Waals surface area (Å²) in [6.07, 6.45) is 7.50. The molecule has 2 nitrogen and oxygen atoms in total. The van der Waals surface area contributed by atoms with E-state index >= 15 is 0 Å². The van der Waals surface area contributed by atoms with Crippen molar-refractivity contribution in [1.29, 1.82) is 0 Å². The monoisotopic (exact) mass is 183 g/mol. The van der Waals surface area contributed by atoms with Crippen LogP contribution in [0.4, 0.5) is 0 Å². The van der Waals surface area contributed by atoms with E-state index in [2.05, 4.69) is 13.5 Å². The Morgan fingerprint density at radius 3 is 2.62 bits per heavy atom.